The summed E-state index contributed by atoms with van der Waals surface area (Å²) < 4.78 is 66.9. The first-order valence-electron chi connectivity index (χ1n) is 9.47. The van der Waals surface area contributed by atoms with E-state index in [4.69, 9.17) is 0 Å². The molecule has 0 unspecified atom stereocenters. The number of carbonyl (C=O) groups is 2. The molecule has 33 heavy (non-hydrogen) atoms. The van der Waals surface area contributed by atoms with E-state index in [1.54, 1.807) is 6.07 Å². The van der Waals surface area contributed by atoms with Gasteiger partial charge in [-0.25, -0.2) is 13.8 Å². The van der Waals surface area contributed by atoms with Crippen LogP contribution in [0.3, 0.4) is 0 Å². The zero-order chi connectivity index (χ0) is 24.2. The van der Waals surface area contributed by atoms with E-state index in [0.29, 0.717) is 6.20 Å². The molecule has 2 amide bonds. The summed E-state index contributed by atoms with van der Waals surface area (Å²) in [4.78, 5) is 27.9. The molecular formula is C22H17F5N4O2. The Labute approximate surface area is 184 Å². The first-order chi connectivity index (χ1) is 15.6. The van der Waals surface area contributed by atoms with Crippen LogP contribution in [-0.4, -0.2) is 23.8 Å². The summed E-state index contributed by atoms with van der Waals surface area (Å²) in [5.41, 5.74) is -1.19. The predicted octanol–water partition coefficient (Wildman–Crippen LogP) is 4.66. The Morgan fingerprint density at radius 3 is 2.36 bits per heavy atom. The van der Waals surface area contributed by atoms with Gasteiger partial charge in [0.05, 0.1) is 28.9 Å². The molecule has 1 heterocycles. The van der Waals surface area contributed by atoms with Crippen molar-refractivity contribution < 1.29 is 31.5 Å². The lowest BCUT2D eigenvalue weighted by molar-refractivity contribution is -0.137. The molecule has 0 aliphatic heterocycles. The second kappa shape index (κ2) is 9.63. The van der Waals surface area contributed by atoms with Gasteiger partial charge in [0, 0.05) is 19.3 Å². The van der Waals surface area contributed by atoms with Crippen molar-refractivity contribution in [1.82, 2.24) is 10.3 Å². The molecule has 2 aromatic carbocycles. The summed E-state index contributed by atoms with van der Waals surface area (Å²) in [6.45, 7) is 0. The number of benzene rings is 2. The van der Waals surface area contributed by atoms with Crippen molar-refractivity contribution in [3.05, 3.63) is 83.1 Å². The van der Waals surface area contributed by atoms with E-state index in [9.17, 15) is 31.5 Å². The molecular weight excluding hydrogens is 447 g/mol. The van der Waals surface area contributed by atoms with Crippen LogP contribution in [0.25, 0.3) is 0 Å². The molecule has 0 saturated heterocycles. The second-order valence-electron chi connectivity index (χ2n) is 6.84. The van der Waals surface area contributed by atoms with Crippen molar-refractivity contribution in [1.29, 1.82) is 0 Å². The van der Waals surface area contributed by atoms with E-state index in [1.807, 2.05) is 0 Å². The lowest BCUT2D eigenvalue weighted by atomic mass is 10.1. The van der Waals surface area contributed by atoms with Crippen LogP contribution in [0.2, 0.25) is 0 Å². The van der Waals surface area contributed by atoms with Crippen LogP contribution in [0, 0.1) is 11.6 Å². The number of para-hydroxylation sites is 1. The molecule has 0 aliphatic rings. The Bertz CT molecular complexity index is 1200. The maximum atomic E-state index is 13.5. The number of nitrogens with zero attached hydrogens (tertiary/aromatic N) is 1. The molecule has 0 spiro atoms. The first-order valence-corrected chi connectivity index (χ1v) is 9.47. The van der Waals surface area contributed by atoms with Gasteiger partial charge in [-0.1, -0.05) is 18.2 Å². The van der Waals surface area contributed by atoms with Crippen LogP contribution in [0.5, 0.6) is 0 Å². The van der Waals surface area contributed by atoms with Gasteiger partial charge < -0.3 is 16.0 Å². The normalized spacial score (nSPS) is 11.1. The van der Waals surface area contributed by atoms with E-state index >= 15 is 0 Å². The van der Waals surface area contributed by atoms with Crippen molar-refractivity contribution >= 4 is 29.0 Å². The number of halogens is 5. The highest BCUT2D eigenvalue weighted by atomic mass is 19.4. The van der Waals surface area contributed by atoms with Gasteiger partial charge in [-0.2, -0.15) is 13.2 Å². The van der Waals surface area contributed by atoms with Crippen LogP contribution >= 0.6 is 0 Å². The minimum absolute atomic E-state index is 0.104. The van der Waals surface area contributed by atoms with Gasteiger partial charge in [-0.05, 0) is 29.8 Å². The van der Waals surface area contributed by atoms with E-state index in [-0.39, 0.29) is 29.1 Å². The molecule has 0 bridgehead atoms. The smallest absolute Gasteiger partial charge is 0.355 e. The summed E-state index contributed by atoms with van der Waals surface area (Å²) >= 11 is 0. The highest BCUT2D eigenvalue weighted by molar-refractivity contribution is 6.00. The molecule has 0 aliphatic carbocycles. The summed E-state index contributed by atoms with van der Waals surface area (Å²) in [7, 11) is 1.38. The Morgan fingerprint density at radius 1 is 0.970 bits per heavy atom. The average Bonchev–Trinajstić information content (AvgIpc) is 2.75. The number of pyridine rings is 1. The van der Waals surface area contributed by atoms with E-state index in [0.717, 1.165) is 18.2 Å². The molecule has 11 heteroatoms. The van der Waals surface area contributed by atoms with Crippen molar-refractivity contribution in [2.45, 2.75) is 12.6 Å². The zero-order valence-corrected chi connectivity index (χ0v) is 17.1. The molecule has 0 radical (unpaired) electrons. The number of alkyl halides is 3. The molecule has 0 fully saturated rings. The number of nitrogens with one attached hydrogen (secondary N) is 3. The van der Waals surface area contributed by atoms with Crippen molar-refractivity contribution in [3.63, 3.8) is 0 Å². The number of rotatable bonds is 6. The number of carbonyl (C=O) groups excluding carboxylic acids is 2. The lowest BCUT2D eigenvalue weighted by Crippen LogP contribution is -2.20. The molecule has 3 rings (SSSR count). The minimum Gasteiger partial charge on any atom is -0.355 e. The minimum atomic E-state index is -4.77. The van der Waals surface area contributed by atoms with E-state index < -0.39 is 40.9 Å². The Balaban J connectivity index is 1.88. The predicted molar refractivity (Wildman–Crippen MR) is 111 cm³/mol. The number of hydrogen-bond acceptors (Lipinski definition) is 4. The van der Waals surface area contributed by atoms with Crippen LogP contribution in [0.15, 0.2) is 54.7 Å². The van der Waals surface area contributed by atoms with Crippen molar-refractivity contribution in [2.75, 3.05) is 17.7 Å². The van der Waals surface area contributed by atoms with Gasteiger partial charge in [-0.3, -0.25) is 9.59 Å². The number of aromatic nitrogens is 1. The summed E-state index contributed by atoms with van der Waals surface area (Å²) in [5.74, 6) is -3.63. The molecule has 3 aromatic rings. The topological polar surface area (TPSA) is 83.1 Å². The lowest BCUT2D eigenvalue weighted by Gasteiger charge is -2.17. The van der Waals surface area contributed by atoms with Crippen molar-refractivity contribution in [2.24, 2.45) is 0 Å². The van der Waals surface area contributed by atoms with Crippen molar-refractivity contribution in [3.8, 4) is 0 Å². The van der Waals surface area contributed by atoms with Gasteiger partial charge in [0.25, 0.3) is 5.91 Å². The third-order valence-corrected chi connectivity index (χ3v) is 4.49. The molecule has 0 saturated carbocycles. The highest BCUT2D eigenvalue weighted by Gasteiger charge is 2.34. The largest absolute Gasteiger partial charge is 0.419 e. The second-order valence-corrected chi connectivity index (χ2v) is 6.84. The first kappa shape index (κ1) is 23.6. The number of anilines is 3. The maximum absolute atomic E-state index is 13.5. The van der Waals surface area contributed by atoms with Gasteiger partial charge >= 0.3 is 6.18 Å². The molecule has 0 atom stereocenters. The third-order valence-electron chi connectivity index (χ3n) is 4.49. The standard InChI is InChI=1S/C22H17F5N4O2/c1-28-21(33)13-4-2-3-5-17(13)30-18-10-19(29-11-14(18)22(25,26)27)31-20(32)9-12-6-7-15(23)16(24)8-12/h2-8,10-11H,9H2,1H3,(H,28,33)(H2,29,30,31,32). The maximum Gasteiger partial charge on any atom is 0.419 e. The Hall–Kier alpha value is -4.02. The molecule has 6 nitrogen and oxygen atoms in total. The average molecular weight is 464 g/mol. The van der Waals surface area contributed by atoms with Gasteiger partial charge in [0.1, 0.15) is 5.82 Å². The highest BCUT2D eigenvalue weighted by Crippen LogP contribution is 2.37. The zero-order valence-electron chi connectivity index (χ0n) is 17.1. The van der Waals surface area contributed by atoms with Crippen LogP contribution in [0.4, 0.5) is 39.1 Å². The fraction of sp³-hybridized carbons (Fsp3) is 0.136. The third kappa shape index (κ3) is 5.82. The van der Waals surface area contributed by atoms with Gasteiger partial charge in [0.2, 0.25) is 5.91 Å². The molecule has 1 aromatic heterocycles. The monoisotopic (exact) mass is 464 g/mol. The fourth-order valence-electron chi connectivity index (χ4n) is 2.94. The van der Waals surface area contributed by atoms with Crippen LogP contribution in [-0.2, 0) is 17.4 Å². The molecule has 172 valence electrons. The van der Waals surface area contributed by atoms with Gasteiger partial charge in [-0.15, -0.1) is 0 Å². The van der Waals surface area contributed by atoms with Crippen LogP contribution < -0.4 is 16.0 Å². The number of hydrogen-bond donors (Lipinski definition) is 3. The van der Waals surface area contributed by atoms with E-state index in [2.05, 4.69) is 20.9 Å². The summed E-state index contributed by atoms with van der Waals surface area (Å²) in [6.07, 6.45) is -4.59. The van der Waals surface area contributed by atoms with Gasteiger partial charge in [0.15, 0.2) is 11.6 Å². The Morgan fingerprint density at radius 2 is 1.70 bits per heavy atom. The fourth-order valence-corrected chi connectivity index (χ4v) is 2.94. The molecule has 3 N–H and O–H groups in total. The quantitative estimate of drug-likeness (QED) is 0.464. The summed E-state index contributed by atoms with van der Waals surface area (Å²) in [5, 5.41) is 7.30. The summed E-state index contributed by atoms with van der Waals surface area (Å²) in [6, 6.07) is 9.82. The SMILES string of the molecule is CNC(=O)c1ccccc1Nc1cc(NC(=O)Cc2ccc(F)c(F)c2)ncc1C(F)(F)F. The van der Waals surface area contributed by atoms with E-state index in [1.165, 1.54) is 31.3 Å². The number of amides is 2. The Kier molecular flexibility index (Phi) is 6.90. The van der Waals surface area contributed by atoms with Crippen LogP contribution in [0.1, 0.15) is 21.5 Å².